The van der Waals surface area contributed by atoms with Crippen LogP contribution in [-0.2, 0) is 10.4 Å². The molecule has 2 aromatic rings. The maximum atomic E-state index is 12.4. The van der Waals surface area contributed by atoms with E-state index in [4.69, 9.17) is 0 Å². The highest BCUT2D eigenvalue weighted by Crippen LogP contribution is 2.40. The second kappa shape index (κ2) is 5.61. The van der Waals surface area contributed by atoms with Crippen LogP contribution in [0.15, 0.2) is 51.4 Å². The Balaban J connectivity index is 1.93. The fourth-order valence-electron chi connectivity index (χ4n) is 2.47. The van der Waals surface area contributed by atoms with Gasteiger partial charge in [-0.3, -0.25) is 9.59 Å². The van der Waals surface area contributed by atoms with Crippen LogP contribution >= 0.6 is 31.9 Å². The van der Waals surface area contributed by atoms with Gasteiger partial charge in [-0.2, -0.15) is 0 Å². The molecule has 0 bridgehead atoms. The van der Waals surface area contributed by atoms with Crippen LogP contribution in [0.3, 0.4) is 0 Å². The van der Waals surface area contributed by atoms with Gasteiger partial charge >= 0.3 is 0 Å². The molecule has 1 atom stereocenters. The molecule has 0 saturated carbocycles. The quantitative estimate of drug-likeness (QED) is 0.739. The molecule has 4 nitrogen and oxygen atoms in total. The first kappa shape index (κ1) is 15.4. The summed E-state index contributed by atoms with van der Waals surface area (Å²) in [7, 11) is 0. The van der Waals surface area contributed by atoms with Crippen molar-refractivity contribution in [3.8, 4) is 0 Å². The molecule has 2 N–H and O–H groups in total. The minimum absolute atomic E-state index is 0.291. The first-order valence-corrected chi connectivity index (χ1v) is 8.11. The zero-order chi connectivity index (χ0) is 15.9. The number of hydrogen-bond donors (Lipinski definition) is 2. The summed E-state index contributed by atoms with van der Waals surface area (Å²) in [6.07, 6.45) is -0.297. The van der Waals surface area contributed by atoms with Crippen molar-refractivity contribution >= 4 is 49.2 Å². The number of benzene rings is 2. The first-order valence-electron chi connectivity index (χ1n) is 6.53. The molecule has 6 heteroatoms. The van der Waals surface area contributed by atoms with Crippen LogP contribution in [0.2, 0.25) is 0 Å². The summed E-state index contributed by atoms with van der Waals surface area (Å²) in [5, 5.41) is 13.3. The summed E-state index contributed by atoms with van der Waals surface area (Å²) in [5.74, 6) is -0.869. The summed E-state index contributed by atoms with van der Waals surface area (Å²) in [6.45, 7) is 0. The van der Waals surface area contributed by atoms with E-state index in [1.165, 1.54) is 0 Å². The smallest absolute Gasteiger partial charge is 0.261 e. The van der Waals surface area contributed by atoms with Crippen LogP contribution in [-0.4, -0.2) is 16.8 Å². The van der Waals surface area contributed by atoms with E-state index in [9.17, 15) is 14.7 Å². The predicted molar refractivity (Wildman–Crippen MR) is 89.8 cm³/mol. The molecule has 0 saturated heterocycles. The average molecular weight is 425 g/mol. The Morgan fingerprint density at radius 3 is 2.41 bits per heavy atom. The topological polar surface area (TPSA) is 66.4 Å². The number of amides is 1. The standard InChI is InChI=1S/C16H11Br2NO3/c17-10-3-1-9(2-4-10)14(20)8-16(22)12-6-5-11(18)7-13(12)19-15(16)21/h1-7,22H,8H2,(H,19,21). The summed E-state index contributed by atoms with van der Waals surface area (Å²) in [4.78, 5) is 24.5. The normalized spacial score (nSPS) is 19.7. The van der Waals surface area contributed by atoms with Crippen molar-refractivity contribution in [1.29, 1.82) is 0 Å². The minimum Gasteiger partial charge on any atom is -0.375 e. The molecule has 1 aliphatic heterocycles. The maximum absolute atomic E-state index is 12.4. The minimum atomic E-state index is -1.83. The Morgan fingerprint density at radius 2 is 1.73 bits per heavy atom. The largest absolute Gasteiger partial charge is 0.375 e. The van der Waals surface area contributed by atoms with Crippen LogP contribution in [0.25, 0.3) is 0 Å². The van der Waals surface area contributed by atoms with Gasteiger partial charge in [0.05, 0.1) is 6.42 Å². The van der Waals surface area contributed by atoms with E-state index >= 15 is 0 Å². The lowest BCUT2D eigenvalue weighted by atomic mass is 9.88. The van der Waals surface area contributed by atoms with Crippen molar-refractivity contribution in [2.75, 3.05) is 5.32 Å². The van der Waals surface area contributed by atoms with Crippen molar-refractivity contribution in [3.63, 3.8) is 0 Å². The van der Waals surface area contributed by atoms with Crippen LogP contribution in [0.4, 0.5) is 5.69 Å². The zero-order valence-corrected chi connectivity index (χ0v) is 14.4. The van der Waals surface area contributed by atoms with Crippen LogP contribution in [0.1, 0.15) is 22.3 Å². The Kier molecular flexibility index (Phi) is 3.92. The molecule has 0 spiro atoms. The van der Waals surface area contributed by atoms with Crippen molar-refractivity contribution < 1.29 is 14.7 Å². The second-order valence-corrected chi connectivity index (χ2v) is 6.94. The fourth-order valence-corrected chi connectivity index (χ4v) is 3.10. The number of carbonyl (C=O) groups excluding carboxylic acids is 2. The molecule has 0 aliphatic carbocycles. The predicted octanol–water partition coefficient (Wildman–Crippen LogP) is 3.62. The van der Waals surface area contributed by atoms with Crippen molar-refractivity contribution in [2.24, 2.45) is 0 Å². The molecular formula is C16H11Br2NO3. The molecule has 0 radical (unpaired) electrons. The van der Waals surface area contributed by atoms with Crippen molar-refractivity contribution in [3.05, 3.63) is 62.5 Å². The van der Waals surface area contributed by atoms with Gasteiger partial charge in [-0.15, -0.1) is 0 Å². The lowest BCUT2D eigenvalue weighted by Crippen LogP contribution is -2.36. The van der Waals surface area contributed by atoms with Crippen LogP contribution in [0, 0.1) is 0 Å². The number of anilines is 1. The van der Waals surface area contributed by atoms with E-state index in [0.717, 1.165) is 8.95 Å². The van der Waals surface area contributed by atoms with Gasteiger partial charge in [-0.25, -0.2) is 0 Å². The van der Waals surface area contributed by atoms with E-state index in [0.29, 0.717) is 16.8 Å². The van der Waals surface area contributed by atoms with Crippen molar-refractivity contribution in [1.82, 2.24) is 0 Å². The average Bonchev–Trinajstić information content (AvgIpc) is 2.70. The van der Waals surface area contributed by atoms with E-state index in [1.54, 1.807) is 42.5 Å². The Hall–Kier alpha value is -1.50. The number of carbonyl (C=O) groups is 2. The number of halogens is 2. The van der Waals surface area contributed by atoms with Gasteiger partial charge < -0.3 is 10.4 Å². The Labute approximate surface area is 143 Å². The first-order chi connectivity index (χ1) is 10.4. The highest BCUT2D eigenvalue weighted by molar-refractivity contribution is 9.10. The molecule has 3 rings (SSSR count). The van der Waals surface area contributed by atoms with E-state index < -0.39 is 11.5 Å². The molecule has 22 heavy (non-hydrogen) atoms. The molecule has 1 aliphatic rings. The van der Waals surface area contributed by atoms with Crippen LogP contribution in [0.5, 0.6) is 0 Å². The molecular weight excluding hydrogens is 414 g/mol. The van der Waals surface area contributed by atoms with Gasteiger partial charge in [0, 0.05) is 25.8 Å². The van der Waals surface area contributed by atoms with E-state index in [2.05, 4.69) is 37.2 Å². The highest BCUT2D eigenvalue weighted by Gasteiger charge is 2.46. The number of hydrogen-bond acceptors (Lipinski definition) is 3. The third-order valence-corrected chi connectivity index (χ3v) is 4.66. The molecule has 0 fully saturated rings. The molecule has 112 valence electrons. The van der Waals surface area contributed by atoms with Gasteiger partial charge in [-0.05, 0) is 24.3 Å². The summed E-state index contributed by atoms with van der Waals surface area (Å²) in [5.41, 5.74) is -0.438. The molecule has 0 aromatic heterocycles. The summed E-state index contributed by atoms with van der Waals surface area (Å²) >= 11 is 6.61. The fraction of sp³-hybridized carbons (Fsp3) is 0.125. The third-order valence-electron chi connectivity index (χ3n) is 3.63. The monoisotopic (exact) mass is 423 g/mol. The van der Waals surface area contributed by atoms with Gasteiger partial charge in [0.25, 0.3) is 5.91 Å². The number of rotatable bonds is 3. The second-order valence-electron chi connectivity index (χ2n) is 5.11. The maximum Gasteiger partial charge on any atom is 0.261 e. The number of aliphatic hydroxyl groups is 1. The van der Waals surface area contributed by atoms with Gasteiger partial charge in [0.2, 0.25) is 0 Å². The zero-order valence-electron chi connectivity index (χ0n) is 11.3. The molecule has 2 aromatic carbocycles. The number of ketones is 1. The number of nitrogens with one attached hydrogen (secondary N) is 1. The van der Waals surface area contributed by atoms with Crippen molar-refractivity contribution in [2.45, 2.75) is 12.0 Å². The lowest BCUT2D eigenvalue weighted by molar-refractivity contribution is -0.133. The molecule has 1 heterocycles. The third kappa shape index (κ3) is 2.62. The van der Waals surface area contributed by atoms with Gasteiger partial charge in [0.1, 0.15) is 0 Å². The lowest BCUT2D eigenvalue weighted by Gasteiger charge is -2.20. The SMILES string of the molecule is O=C(CC1(O)C(=O)Nc2cc(Br)ccc21)c1ccc(Br)cc1. The Bertz CT molecular complexity index is 773. The van der Waals surface area contributed by atoms with Crippen LogP contribution < -0.4 is 5.32 Å². The molecule has 1 unspecified atom stereocenters. The number of fused-ring (bicyclic) bond motifs is 1. The summed E-state index contributed by atoms with van der Waals surface area (Å²) < 4.78 is 1.65. The van der Waals surface area contributed by atoms with Gasteiger partial charge in [-0.1, -0.05) is 50.1 Å². The summed E-state index contributed by atoms with van der Waals surface area (Å²) in [6, 6.07) is 11.9. The Morgan fingerprint density at radius 1 is 1.09 bits per heavy atom. The molecule has 1 amide bonds. The van der Waals surface area contributed by atoms with E-state index in [1.807, 2.05) is 0 Å². The number of Topliss-reactive ketones (excluding diaryl/α,β-unsaturated/α-hetero) is 1. The van der Waals surface area contributed by atoms with E-state index in [-0.39, 0.29) is 12.2 Å². The highest BCUT2D eigenvalue weighted by atomic mass is 79.9. The van der Waals surface area contributed by atoms with Gasteiger partial charge in [0.15, 0.2) is 11.4 Å².